The quantitative estimate of drug-likeness (QED) is 0.628. The van der Waals surface area contributed by atoms with Gasteiger partial charge >= 0.3 is 16.1 Å². The topological polar surface area (TPSA) is 69.7 Å². The van der Waals surface area contributed by atoms with E-state index in [2.05, 4.69) is 4.74 Å². The number of carbonyl (C=O) groups is 1. The predicted molar refractivity (Wildman–Crippen MR) is 88.7 cm³/mol. The lowest BCUT2D eigenvalue weighted by Crippen LogP contribution is -2.12. The minimum atomic E-state index is -3.95. The third-order valence-corrected chi connectivity index (χ3v) is 5.31. The van der Waals surface area contributed by atoms with Crippen molar-refractivity contribution in [2.45, 2.75) is 30.6 Å². The van der Waals surface area contributed by atoms with E-state index in [0.29, 0.717) is 0 Å². The summed E-state index contributed by atoms with van der Waals surface area (Å²) in [7, 11) is -2.68. The first-order valence-electron chi connectivity index (χ1n) is 7.74. The highest BCUT2D eigenvalue weighted by molar-refractivity contribution is 7.87. The molecule has 0 amide bonds. The van der Waals surface area contributed by atoms with Crippen LogP contribution in [-0.4, -0.2) is 21.5 Å². The molecule has 0 spiro atoms. The number of carbonyl (C=O) groups excluding carboxylic acids is 1. The zero-order valence-electron chi connectivity index (χ0n) is 13.3. The maximum Gasteiger partial charge on any atom is 0.339 e. The highest BCUT2D eigenvalue weighted by Crippen LogP contribution is 2.26. The second kappa shape index (κ2) is 6.65. The highest BCUT2D eigenvalue weighted by atomic mass is 32.2. The molecular formula is C18H18O5S. The predicted octanol–water partition coefficient (Wildman–Crippen LogP) is 3.12. The lowest BCUT2D eigenvalue weighted by molar-refractivity contribution is 0.0600. The number of hydrogen-bond acceptors (Lipinski definition) is 5. The first-order chi connectivity index (χ1) is 11.5. The van der Waals surface area contributed by atoms with Gasteiger partial charge in [-0.3, -0.25) is 0 Å². The van der Waals surface area contributed by atoms with Gasteiger partial charge in [0.1, 0.15) is 10.6 Å². The molecule has 1 aliphatic carbocycles. The molecule has 0 fully saturated rings. The zero-order chi connectivity index (χ0) is 17.2. The first-order valence-corrected chi connectivity index (χ1v) is 9.15. The van der Waals surface area contributed by atoms with E-state index in [1.54, 1.807) is 18.2 Å². The van der Waals surface area contributed by atoms with Crippen LogP contribution in [0.5, 0.6) is 5.75 Å². The number of ether oxygens (including phenoxy) is 1. The van der Waals surface area contributed by atoms with Gasteiger partial charge in [-0.2, -0.15) is 8.42 Å². The van der Waals surface area contributed by atoms with Gasteiger partial charge in [0, 0.05) is 0 Å². The van der Waals surface area contributed by atoms with E-state index in [1.165, 1.54) is 30.9 Å². The van der Waals surface area contributed by atoms with Crippen LogP contribution in [0.2, 0.25) is 0 Å². The van der Waals surface area contributed by atoms with Crippen molar-refractivity contribution in [1.29, 1.82) is 0 Å². The van der Waals surface area contributed by atoms with Gasteiger partial charge in [0.25, 0.3) is 0 Å². The van der Waals surface area contributed by atoms with Crippen molar-refractivity contribution in [3.63, 3.8) is 0 Å². The molecule has 2 aromatic rings. The largest absolute Gasteiger partial charge is 0.465 e. The molecule has 0 heterocycles. The summed E-state index contributed by atoms with van der Waals surface area (Å²) in [6, 6.07) is 11.0. The maximum atomic E-state index is 12.5. The number of benzene rings is 2. The molecule has 0 aliphatic heterocycles. The monoisotopic (exact) mass is 346 g/mol. The Hall–Kier alpha value is -2.34. The molecule has 2 aromatic carbocycles. The van der Waals surface area contributed by atoms with Crippen LogP contribution >= 0.6 is 0 Å². The SMILES string of the molecule is COC(=O)c1cccc(OS(=O)(=O)c2ccc3c(c2)CCCC3)c1. The molecule has 0 saturated heterocycles. The Bertz CT molecular complexity index is 871. The van der Waals surface area contributed by atoms with E-state index in [9.17, 15) is 13.2 Å². The van der Waals surface area contributed by atoms with Crippen molar-refractivity contribution < 1.29 is 22.1 Å². The molecule has 3 rings (SSSR count). The number of esters is 1. The third-order valence-electron chi connectivity index (χ3n) is 4.07. The summed E-state index contributed by atoms with van der Waals surface area (Å²) in [4.78, 5) is 11.7. The number of aryl methyl sites for hydroxylation is 2. The van der Waals surface area contributed by atoms with Crippen molar-refractivity contribution in [3.8, 4) is 5.75 Å². The number of hydrogen-bond donors (Lipinski definition) is 0. The normalized spacial score (nSPS) is 13.9. The van der Waals surface area contributed by atoms with Crippen molar-refractivity contribution in [2.75, 3.05) is 7.11 Å². The van der Waals surface area contributed by atoms with Gasteiger partial charge < -0.3 is 8.92 Å². The first kappa shape index (κ1) is 16.5. The number of rotatable bonds is 4. The molecule has 0 saturated carbocycles. The summed E-state index contributed by atoms with van der Waals surface area (Å²) in [5, 5.41) is 0. The fourth-order valence-corrected chi connectivity index (χ4v) is 3.81. The van der Waals surface area contributed by atoms with E-state index >= 15 is 0 Å². The zero-order valence-corrected chi connectivity index (χ0v) is 14.1. The van der Waals surface area contributed by atoms with Crippen molar-refractivity contribution >= 4 is 16.1 Å². The summed E-state index contributed by atoms with van der Waals surface area (Å²) in [6.45, 7) is 0. The summed E-state index contributed by atoms with van der Waals surface area (Å²) >= 11 is 0. The van der Waals surface area contributed by atoms with Gasteiger partial charge in [-0.1, -0.05) is 12.1 Å². The minimum Gasteiger partial charge on any atom is -0.465 e. The average molecular weight is 346 g/mol. The summed E-state index contributed by atoms with van der Waals surface area (Å²) in [5.74, 6) is -0.470. The van der Waals surface area contributed by atoms with Gasteiger partial charge in [0.2, 0.25) is 0 Å². The maximum absolute atomic E-state index is 12.5. The molecular weight excluding hydrogens is 328 g/mol. The van der Waals surface area contributed by atoms with Gasteiger partial charge in [-0.15, -0.1) is 0 Å². The Labute approximate surface area is 141 Å². The smallest absolute Gasteiger partial charge is 0.339 e. The molecule has 0 atom stereocenters. The van der Waals surface area contributed by atoms with Crippen molar-refractivity contribution in [3.05, 3.63) is 59.2 Å². The van der Waals surface area contributed by atoms with E-state index in [0.717, 1.165) is 31.2 Å². The second-order valence-electron chi connectivity index (χ2n) is 5.69. The van der Waals surface area contributed by atoms with Crippen LogP contribution in [0.4, 0.5) is 0 Å². The Morgan fingerprint density at radius 3 is 2.50 bits per heavy atom. The summed E-state index contributed by atoms with van der Waals surface area (Å²) in [6.07, 6.45) is 4.07. The molecule has 24 heavy (non-hydrogen) atoms. The van der Waals surface area contributed by atoms with E-state index < -0.39 is 16.1 Å². The minimum absolute atomic E-state index is 0.0793. The Morgan fingerprint density at radius 2 is 1.75 bits per heavy atom. The van der Waals surface area contributed by atoms with Crippen LogP contribution in [0.25, 0.3) is 0 Å². The lowest BCUT2D eigenvalue weighted by Gasteiger charge is -2.16. The van der Waals surface area contributed by atoms with Crippen molar-refractivity contribution in [1.82, 2.24) is 0 Å². The lowest BCUT2D eigenvalue weighted by atomic mass is 9.92. The molecule has 6 heteroatoms. The van der Waals surface area contributed by atoms with Gasteiger partial charge in [0.15, 0.2) is 0 Å². The van der Waals surface area contributed by atoms with Crippen molar-refractivity contribution in [2.24, 2.45) is 0 Å². The molecule has 0 aromatic heterocycles. The van der Waals surface area contributed by atoms with E-state index in [-0.39, 0.29) is 16.2 Å². The van der Waals surface area contributed by atoms with Crippen LogP contribution in [0, 0.1) is 0 Å². The van der Waals surface area contributed by atoms with Crippen LogP contribution < -0.4 is 4.18 Å². The average Bonchev–Trinajstić information content (AvgIpc) is 2.60. The fourth-order valence-electron chi connectivity index (χ4n) is 2.83. The van der Waals surface area contributed by atoms with Gasteiger partial charge in [0.05, 0.1) is 12.7 Å². The third kappa shape index (κ3) is 3.43. The van der Waals surface area contributed by atoms with Crippen LogP contribution in [0.1, 0.15) is 34.3 Å². The van der Waals surface area contributed by atoms with Gasteiger partial charge in [-0.25, -0.2) is 4.79 Å². The molecule has 5 nitrogen and oxygen atoms in total. The second-order valence-corrected chi connectivity index (χ2v) is 7.24. The fraction of sp³-hybridized carbons (Fsp3) is 0.278. The van der Waals surface area contributed by atoms with E-state index in [1.807, 2.05) is 6.07 Å². The molecule has 0 bridgehead atoms. The molecule has 1 aliphatic rings. The Morgan fingerprint density at radius 1 is 1.00 bits per heavy atom. The van der Waals surface area contributed by atoms with Gasteiger partial charge in [-0.05, 0) is 67.1 Å². The highest BCUT2D eigenvalue weighted by Gasteiger charge is 2.20. The summed E-state index contributed by atoms with van der Waals surface area (Å²) < 4.78 is 34.8. The molecule has 126 valence electrons. The molecule has 0 N–H and O–H groups in total. The van der Waals surface area contributed by atoms with E-state index in [4.69, 9.17) is 4.18 Å². The standard InChI is InChI=1S/C18H18O5S/c1-22-18(19)15-7-4-8-16(11-15)23-24(20,21)17-10-9-13-5-2-3-6-14(13)12-17/h4,7-12H,2-3,5-6H2,1H3. The van der Waals surface area contributed by atoms with Crippen LogP contribution in [0.3, 0.4) is 0 Å². The molecule has 0 radical (unpaired) electrons. The number of fused-ring (bicyclic) bond motifs is 1. The van der Waals surface area contributed by atoms with Crippen LogP contribution in [-0.2, 0) is 27.7 Å². The number of methoxy groups -OCH3 is 1. The summed E-state index contributed by atoms with van der Waals surface area (Å²) in [5.41, 5.74) is 2.50. The Balaban J connectivity index is 1.88. The molecule has 0 unspecified atom stereocenters. The van der Waals surface area contributed by atoms with Crippen LogP contribution in [0.15, 0.2) is 47.4 Å². The Kier molecular flexibility index (Phi) is 4.57.